The van der Waals surface area contributed by atoms with Gasteiger partial charge in [-0.3, -0.25) is 4.79 Å². The summed E-state index contributed by atoms with van der Waals surface area (Å²) in [5.74, 6) is 0. The van der Waals surface area contributed by atoms with Gasteiger partial charge in [0.25, 0.3) is 6.47 Å². The fraction of sp³-hybridized carbons (Fsp3) is 0.818. The summed E-state index contributed by atoms with van der Waals surface area (Å²) in [6.45, 7) is 5.92. The molecule has 0 aromatic heterocycles. The van der Waals surface area contributed by atoms with Gasteiger partial charge in [0.05, 0.1) is 0 Å². The molecule has 5 nitrogen and oxygen atoms in total. The Hall–Kier alpha value is -1.26. The Labute approximate surface area is 95.5 Å². The summed E-state index contributed by atoms with van der Waals surface area (Å²) >= 11 is 0. The number of nitrogens with one attached hydrogen (secondary N) is 1. The van der Waals surface area contributed by atoms with Crippen LogP contribution in [0.2, 0.25) is 0 Å². The van der Waals surface area contributed by atoms with E-state index in [1.54, 1.807) is 0 Å². The minimum Gasteiger partial charge on any atom is -0.465 e. The Morgan fingerprint density at radius 2 is 2.06 bits per heavy atom. The number of amides is 1. The molecule has 1 aliphatic rings. The van der Waals surface area contributed by atoms with Crippen LogP contribution in [0, 0.1) is 0 Å². The van der Waals surface area contributed by atoms with E-state index in [0.717, 1.165) is 12.8 Å². The summed E-state index contributed by atoms with van der Waals surface area (Å²) in [6.07, 6.45) is 1.79. The molecular weight excluding hydrogens is 210 g/mol. The summed E-state index contributed by atoms with van der Waals surface area (Å²) in [4.78, 5) is 21.6. The Bertz CT molecular complexity index is 259. The van der Waals surface area contributed by atoms with Crippen LogP contribution in [0.25, 0.3) is 0 Å². The molecule has 0 bridgehead atoms. The van der Waals surface area contributed by atoms with E-state index in [9.17, 15) is 9.59 Å². The van der Waals surface area contributed by atoms with Gasteiger partial charge in [0.1, 0.15) is 11.7 Å². The average Bonchev–Trinajstić information content (AvgIpc) is 2.49. The highest BCUT2D eigenvalue weighted by Gasteiger charge is 2.28. The Balaban J connectivity index is 2.28. The van der Waals surface area contributed by atoms with Crippen molar-refractivity contribution < 1.29 is 19.1 Å². The van der Waals surface area contributed by atoms with Gasteiger partial charge in [0, 0.05) is 12.5 Å². The zero-order chi connectivity index (χ0) is 12.2. The van der Waals surface area contributed by atoms with Crippen molar-refractivity contribution in [2.45, 2.75) is 57.8 Å². The van der Waals surface area contributed by atoms with Gasteiger partial charge in [-0.2, -0.15) is 0 Å². The lowest BCUT2D eigenvalue weighted by molar-refractivity contribution is -0.133. The molecule has 1 saturated carbocycles. The molecule has 0 aromatic carbocycles. The third-order valence-electron chi connectivity index (χ3n) is 2.35. The van der Waals surface area contributed by atoms with Crippen LogP contribution in [0.5, 0.6) is 0 Å². The molecule has 0 unspecified atom stereocenters. The van der Waals surface area contributed by atoms with Gasteiger partial charge in [0.2, 0.25) is 0 Å². The van der Waals surface area contributed by atoms with Crippen LogP contribution in [0.15, 0.2) is 0 Å². The first kappa shape index (κ1) is 12.8. The van der Waals surface area contributed by atoms with Gasteiger partial charge in [-0.1, -0.05) is 0 Å². The van der Waals surface area contributed by atoms with Crippen LogP contribution in [-0.4, -0.2) is 30.3 Å². The van der Waals surface area contributed by atoms with Crippen molar-refractivity contribution >= 4 is 12.6 Å². The molecule has 0 heterocycles. The summed E-state index contributed by atoms with van der Waals surface area (Å²) in [6, 6.07) is 0.0415. The number of alkyl carbamates (subject to hydrolysis) is 1. The minimum atomic E-state index is -0.485. The average molecular weight is 229 g/mol. The van der Waals surface area contributed by atoms with E-state index in [1.807, 2.05) is 20.8 Å². The van der Waals surface area contributed by atoms with Gasteiger partial charge in [-0.05, 0) is 33.6 Å². The molecule has 0 spiro atoms. The summed E-state index contributed by atoms with van der Waals surface area (Å²) in [5, 5.41) is 2.77. The Morgan fingerprint density at radius 1 is 1.38 bits per heavy atom. The smallest absolute Gasteiger partial charge is 0.407 e. The molecule has 1 rings (SSSR count). The zero-order valence-corrected chi connectivity index (χ0v) is 9.99. The second kappa shape index (κ2) is 5.18. The largest absolute Gasteiger partial charge is 0.465 e. The quantitative estimate of drug-likeness (QED) is 0.747. The summed E-state index contributed by atoms with van der Waals surface area (Å²) < 4.78 is 9.98. The van der Waals surface area contributed by atoms with Gasteiger partial charge in [0.15, 0.2) is 0 Å². The fourth-order valence-electron chi connectivity index (χ4n) is 1.75. The fourth-order valence-corrected chi connectivity index (χ4v) is 1.75. The number of hydrogen-bond acceptors (Lipinski definition) is 4. The highest BCUT2D eigenvalue weighted by atomic mass is 16.6. The van der Waals surface area contributed by atoms with Crippen molar-refractivity contribution in [3.63, 3.8) is 0 Å². The van der Waals surface area contributed by atoms with Crippen LogP contribution in [0.4, 0.5) is 4.79 Å². The van der Waals surface area contributed by atoms with E-state index in [0.29, 0.717) is 12.9 Å². The lowest BCUT2D eigenvalue weighted by atomic mass is 10.2. The monoisotopic (exact) mass is 229 g/mol. The summed E-state index contributed by atoms with van der Waals surface area (Å²) in [5.41, 5.74) is -0.485. The van der Waals surface area contributed by atoms with E-state index in [-0.39, 0.29) is 12.1 Å². The van der Waals surface area contributed by atoms with Gasteiger partial charge in [-0.15, -0.1) is 0 Å². The molecule has 0 aromatic rings. The van der Waals surface area contributed by atoms with Gasteiger partial charge in [-0.25, -0.2) is 4.79 Å². The lowest BCUT2D eigenvalue weighted by Gasteiger charge is -2.21. The first-order valence-electron chi connectivity index (χ1n) is 5.49. The zero-order valence-electron chi connectivity index (χ0n) is 9.99. The number of rotatable bonds is 3. The van der Waals surface area contributed by atoms with Crippen molar-refractivity contribution in [2.75, 3.05) is 0 Å². The lowest BCUT2D eigenvalue weighted by Crippen LogP contribution is -2.38. The molecule has 1 fully saturated rings. The van der Waals surface area contributed by atoms with E-state index < -0.39 is 11.7 Å². The third kappa shape index (κ3) is 4.51. The Kier molecular flexibility index (Phi) is 4.15. The molecule has 0 radical (unpaired) electrons. The maximum absolute atomic E-state index is 11.4. The predicted octanol–water partition coefficient (Wildman–Crippen LogP) is 1.61. The van der Waals surface area contributed by atoms with Crippen molar-refractivity contribution in [1.29, 1.82) is 0 Å². The standard InChI is InChI=1S/C11H19NO4/c1-11(2,3)16-10(14)12-8-4-5-9(6-8)15-7-13/h7-9H,4-6H2,1-3H3,(H,12,14)/t8-,9+/m1/s1. The first-order chi connectivity index (χ1) is 7.40. The minimum absolute atomic E-state index is 0.0415. The maximum atomic E-state index is 11.4. The van der Waals surface area contributed by atoms with E-state index >= 15 is 0 Å². The molecule has 0 aliphatic heterocycles. The highest BCUT2D eigenvalue weighted by molar-refractivity contribution is 5.68. The van der Waals surface area contributed by atoms with Crippen molar-refractivity contribution in [2.24, 2.45) is 0 Å². The topological polar surface area (TPSA) is 64.6 Å². The molecule has 92 valence electrons. The molecule has 0 saturated heterocycles. The maximum Gasteiger partial charge on any atom is 0.407 e. The Morgan fingerprint density at radius 3 is 2.62 bits per heavy atom. The van der Waals surface area contributed by atoms with E-state index in [1.165, 1.54) is 0 Å². The first-order valence-corrected chi connectivity index (χ1v) is 5.49. The van der Waals surface area contributed by atoms with Crippen LogP contribution in [0.3, 0.4) is 0 Å². The normalized spacial score (nSPS) is 24.9. The molecule has 1 amide bonds. The molecule has 2 atom stereocenters. The van der Waals surface area contributed by atoms with Crippen molar-refractivity contribution in [3.05, 3.63) is 0 Å². The molecule has 5 heteroatoms. The third-order valence-corrected chi connectivity index (χ3v) is 2.35. The van der Waals surface area contributed by atoms with Crippen LogP contribution < -0.4 is 5.32 Å². The van der Waals surface area contributed by atoms with Crippen molar-refractivity contribution in [3.8, 4) is 0 Å². The molecular formula is C11H19NO4. The highest BCUT2D eigenvalue weighted by Crippen LogP contribution is 2.21. The van der Waals surface area contributed by atoms with E-state index in [4.69, 9.17) is 9.47 Å². The van der Waals surface area contributed by atoms with Gasteiger partial charge >= 0.3 is 6.09 Å². The SMILES string of the molecule is CC(C)(C)OC(=O)N[C@@H]1CC[C@H](OC=O)C1. The second-order valence-corrected chi connectivity index (χ2v) is 5.01. The number of ether oxygens (including phenoxy) is 2. The number of hydrogen-bond donors (Lipinski definition) is 1. The van der Waals surface area contributed by atoms with Crippen molar-refractivity contribution in [1.82, 2.24) is 5.32 Å². The molecule has 16 heavy (non-hydrogen) atoms. The van der Waals surface area contributed by atoms with E-state index in [2.05, 4.69) is 5.32 Å². The van der Waals surface area contributed by atoms with Crippen LogP contribution in [-0.2, 0) is 14.3 Å². The number of carbonyl (C=O) groups excluding carboxylic acids is 2. The predicted molar refractivity (Wildman–Crippen MR) is 57.9 cm³/mol. The van der Waals surface area contributed by atoms with Gasteiger partial charge < -0.3 is 14.8 Å². The molecule has 1 aliphatic carbocycles. The van der Waals surface area contributed by atoms with Crippen LogP contribution in [0.1, 0.15) is 40.0 Å². The second-order valence-electron chi connectivity index (χ2n) is 5.01. The molecule has 1 N–H and O–H groups in total. The number of carbonyl (C=O) groups is 2. The van der Waals surface area contributed by atoms with Crippen LogP contribution >= 0.6 is 0 Å². The summed E-state index contributed by atoms with van der Waals surface area (Å²) in [7, 11) is 0.